The van der Waals surface area contributed by atoms with Crippen LogP contribution in [-0.4, -0.2) is 24.2 Å². The van der Waals surface area contributed by atoms with Gasteiger partial charge in [0.1, 0.15) is 5.75 Å². The zero-order valence-corrected chi connectivity index (χ0v) is 13.1. The molecule has 0 aromatic heterocycles. The van der Waals surface area contributed by atoms with Crippen LogP contribution >= 0.6 is 11.6 Å². The van der Waals surface area contributed by atoms with Crippen LogP contribution in [0, 0.1) is 10.1 Å². The van der Waals surface area contributed by atoms with Crippen LogP contribution in [0.25, 0.3) is 0 Å². The highest BCUT2D eigenvalue weighted by atomic mass is 35.5. The molecule has 2 aromatic carbocycles. The summed E-state index contributed by atoms with van der Waals surface area (Å²) in [5.41, 5.74) is 2.20. The van der Waals surface area contributed by atoms with Gasteiger partial charge in [0.2, 0.25) is 0 Å². The van der Waals surface area contributed by atoms with Crippen LogP contribution in [0.1, 0.15) is 15.9 Å². The lowest BCUT2D eigenvalue weighted by atomic mass is 10.2. The number of rotatable bonds is 5. The number of hydrogen-bond acceptors (Lipinski definition) is 6. The van der Waals surface area contributed by atoms with E-state index >= 15 is 0 Å². The molecule has 0 atom stereocenters. The van der Waals surface area contributed by atoms with E-state index in [2.05, 4.69) is 10.5 Å². The van der Waals surface area contributed by atoms with Crippen LogP contribution < -0.4 is 15.3 Å². The van der Waals surface area contributed by atoms with Crippen LogP contribution in [0.4, 0.5) is 5.69 Å². The number of ether oxygens (including phenoxy) is 1. The van der Waals surface area contributed by atoms with Gasteiger partial charge in [-0.3, -0.25) is 14.9 Å². The minimum absolute atomic E-state index is 0.185. The number of carbonyl (C=O) groups is 1. The molecule has 0 aliphatic carbocycles. The molecular weight excluding hydrogens is 338 g/mol. The lowest BCUT2D eigenvalue weighted by molar-refractivity contribution is -0.398. The molecule has 0 aliphatic rings. The van der Waals surface area contributed by atoms with Gasteiger partial charge in [0.15, 0.2) is 0 Å². The van der Waals surface area contributed by atoms with Crippen LogP contribution in [0.2, 0.25) is 5.02 Å². The van der Waals surface area contributed by atoms with E-state index < -0.39 is 22.3 Å². The summed E-state index contributed by atoms with van der Waals surface area (Å²) in [6.45, 7) is 0. The van der Waals surface area contributed by atoms with Gasteiger partial charge in [-0.25, -0.2) is 5.43 Å². The topological polar surface area (TPSA) is 117 Å². The van der Waals surface area contributed by atoms with E-state index in [1.54, 1.807) is 12.1 Å². The molecular formula is C15H11ClN3O5-. The quantitative estimate of drug-likeness (QED) is 0.504. The summed E-state index contributed by atoms with van der Waals surface area (Å²) in [7, 11) is 1.23. The molecule has 0 saturated carbocycles. The van der Waals surface area contributed by atoms with Crippen molar-refractivity contribution in [2.75, 3.05) is 7.11 Å². The molecule has 0 fully saturated rings. The number of nitro groups is 1. The molecule has 0 bridgehead atoms. The van der Waals surface area contributed by atoms with Crippen LogP contribution in [0.15, 0.2) is 41.5 Å². The molecule has 1 N–H and O–H groups in total. The van der Waals surface area contributed by atoms with E-state index in [0.717, 1.165) is 6.07 Å². The molecule has 0 aliphatic heterocycles. The smallest absolute Gasteiger partial charge is 0.271 e. The minimum atomic E-state index is -0.829. The predicted octanol–water partition coefficient (Wildman–Crippen LogP) is 2.09. The Labute approximate surface area is 141 Å². The van der Waals surface area contributed by atoms with Crippen LogP contribution in [0.3, 0.4) is 0 Å². The van der Waals surface area contributed by atoms with E-state index in [-0.39, 0.29) is 11.3 Å². The number of carbonyl (C=O) groups excluding carboxylic acids is 1. The highest BCUT2D eigenvalue weighted by Crippen LogP contribution is 2.33. The molecule has 0 saturated heterocycles. The molecule has 2 aromatic rings. The number of amides is 1. The highest BCUT2D eigenvalue weighted by Gasteiger charge is 2.12. The summed E-state index contributed by atoms with van der Waals surface area (Å²) >= 11 is 5.73. The molecule has 24 heavy (non-hydrogen) atoms. The van der Waals surface area contributed by atoms with Crippen molar-refractivity contribution in [3.05, 3.63) is 62.7 Å². The number of hydrazone groups is 1. The van der Waals surface area contributed by atoms with Crippen molar-refractivity contribution in [1.82, 2.24) is 5.43 Å². The molecule has 0 heterocycles. The number of hydrogen-bond donors (Lipinski definition) is 1. The van der Waals surface area contributed by atoms with Crippen molar-refractivity contribution in [2.45, 2.75) is 0 Å². The van der Waals surface area contributed by atoms with Gasteiger partial charge < -0.3 is 9.84 Å². The van der Waals surface area contributed by atoms with Crippen molar-refractivity contribution >= 4 is 29.4 Å². The van der Waals surface area contributed by atoms with Crippen molar-refractivity contribution < 1.29 is 19.6 Å². The SMILES string of the molecule is COc1cc(C=NNC(=O)c2ccc(Cl)cc2)cc([N+](=O)[O-])c1[O-]. The normalized spacial score (nSPS) is 10.6. The third kappa shape index (κ3) is 3.99. The highest BCUT2D eigenvalue weighted by molar-refractivity contribution is 6.30. The van der Waals surface area contributed by atoms with Gasteiger partial charge in [0, 0.05) is 28.0 Å². The monoisotopic (exact) mass is 348 g/mol. The first-order chi connectivity index (χ1) is 11.4. The Balaban J connectivity index is 2.16. The molecule has 8 nitrogen and oxygen atoms in total. The number of nitrogens with zero attached hydrogens (tertiary/aromatic N) is 2. The van der Waals surface area contributed by atoms with E-state index in [1.165, 1.54) is 31.5 Å². The van der Waals surface area contributed by atoms with Gasteiger partial charge in [-0.05, 0) is 30.3 Å². The van der Waals surface area contributed by atoms with E-state index in [0.29, 0.717) is 10.6 Å². The molecule has 9 heteroatoms. The first-order valence-corrected chi connectivity index (χ1v) is 6.92. The average Bonchev–Trinajstić information content (AvgIpc) is 2.56. The minimum Gasteiger partial charge on any atom is -0.865 e. The lowest BCUT2D eigenvalue weighted by Crippen LogP contribution is -2.17. The molecule has 0 radical (unpaired) electrons. The third-order valence-electron chi connectivity index (χ3n) is 2.96. The number of halogens is 1. The first-order valence-electron chi connectivity index (χ1n) is 6.54. The maximum Gasteiger partial charge on any atom is 0.271 e. The van der Waals surface area contributed by atoms with Crippen molar-refractivity contribution in [1.29, 1.82) is 0 Å². The van der Waals surface area contributed by atoms with Crippen molar-refractivity contribution in [3.63, 3.8) is 0 Å². The third-order valence-corrected chi connectivity index (χ3v) is 3.21. The number of methoxy groups -OCH3 is 1. The summed E-state index contributed by atoms with van der Waals surface area (Å²) in [6, 6.07) is 8.49. The Bertz CT molecular complexity index is 806. The Hall–Kier alpha value is -3.13. The Morgan fingerprint density at radius 3 is 2.58 bits per heavy atom. The summed E-state index contributed by atoms with van der Waals surface area (Å²) in [4.78, 5) is 21.9. The van der Waals surface area contributed by atoms with Gasteiger partial charge in [-0.15, -0.1) is 0 Å². The largest absolute Gasteiger partial charge is 0.865 e. The molecule has 124 valence electrons. The molecule has 0 unspecified atom stereocenters. The van der Waals surface area contributed by atoms with Crippen LogP contribution in [0.5, 0.6) is 11.5 Å². The van der Waals surface area contributed by atoms with E-state index in [9.17, 15) is 20.0 Å². The fourth-order valence-corrected chi connectivity index (χ4v) is 1.93. The van der Waals surface area contributed by atoms with E-state index in [4.69, 9.17) is 16.3 Å². The Kier molecular flexibility index (Phi) is 5.33. The molecule has 0 spiro atoms. The van der Waals surface area contributed by atoms with Gasteiger partial charge in [0.05, 0.1) is 18.2 Å². The molecule has 2 rings (SSSR count). The number of benzene rings is 2. The van der Waals surface area contributed by atoms with Gasteiger partial charge in [-0.2, -0.15) is 5.10 Å². The van der Waals surface area contributed by atoms with Crippen LogP contribution in [-0.2, 0) is 0 Å². The Morgan fingerprint density at radius 2 is 2.00 bits per heavy atom. The van der Waals surface area contributed by atoms with E-state index in [1.807, 2.05) is 0 Å². The van der Waals surface area contributed by atoms with Gasteiger partial charge in [0.25, 0.3) is 11.6 Å². The summed E-state index contributed by atoms with van der Waals surface area (Å²) in [6.07, 6.45) is 1.17. The van der Waals surface area contributed by atoms with Crippen molar-refractivity contribution in [2.24, 2.45) is 5.10 Å². The van der Waals surface area contributed by atoms with Gasteiger partial charge >= 0.3 is 0 Å². The lowest BCUT2D eigenvalue weighted by Gasteiger charge is -2.12. The number of nitrogens with one attached hydrogen (secondary N) is 1. The second-order valence-corrected chi connectivity index (χ2v) is 4.97. The fraction of sp³-hybridized carbons (Fsp3) is 0.0667. The zero-order valence-electron chi connectivity index (χ0n) is 12.4. The zero-order chi connectivity index (χ0) is 17.7. The average molecular weight is 349 g/mol. The molecule has 1 amide bonds. The maximum absolute atomic E-state index is 11.8. The van der Waals surface area contributed by atoms with Gasteiger partial charge in [-0.1, -0.05) is 11.6 Å². The number of nitro benzene ring substituents is 1. The summed E-state index contributed by atoms with van der Waals surface area (Å²) < 4.78 is 4.81. The fourth-order valence-electron chi connectivity index (χ4n) is 1.80. The summed E-state index contributed by atoms with van der Waals surface area (Å²) in [5, 5.41) is 26.8. The predicted molar refractivity (Wildman–Crippen MR) is 85.6 cm³/mol. The maximum atomic E-state index is 11.8. The Morgan fingerprint density at radius 1 is 1.33 bits per heavy atom. The first kappa shape index (κ1) is 17.2. The second-order valence-electron chi connectivity index (χ2n) is 4.53. The second kappa shape index (κ2) is 7.42. The summed E-state index contributed by atoms with van der Waals surface area (Å²) in [5.74, 6) is -1.50. The van der Waals surface area contributed by atoms with Crippen molar-refractivity contribution in [3.8, 4) is 11.5 Å². The standard InChI is InChI=1S/C15H12ClN3O5/c1-24-13-7-9(6-12(14(13)20)19(22)23)8-17-18-15(21)10-2-4-11(16)5-3-10/h2-8,20H,1H3,(H,18,21)/p-1.